The minimum atomic E-state index is 0.463. The van der Waals surface area contributed by atoms with Crippen LogP contribution in [0.15, 0.2) is 41.1 Å². The molecule has 0 spiro atoms. The first-order valence-electron chi connectivity index (χ1n) is 5.61. The summed E-state index contributed by atoms with van der Waals surface area (Å²) in [6, 6.07) is 9.93. The van der Waals surface area contributed by atoms with E-state index in [1.165, 1.54) is 0 Å². The lowest BCUT2D eigenvalue weighted by Gasteiger charge is -2.00. The van der Waals surface area contributed by atoms with Gasteiger partial charge in [-0.25, -0.2) is 0 Å². The van der Waals surface area contributed by atoms with E-state index in [4.69, 9.17) is 16.1 Å². The van der Waals surface area contributed by atoms with Gasteiger partial charge < -0.3 is 4.52 Å². The third-order valence-corrected chi connectivity index (χ3v) is 2.85. The third kappa shape index (κ3) is 1.95. The molecule has 2 heterocycles. The minimum absolute atomic E-state index is 0.463. The molecular formula is C13H10ClN3O. The van der Waals surface area contributed by atoms with E-state index >= 15 is 0 Å². The van der Waals surface area contributed by atoms with Crippen molar-refractivity contribution >= 4 is 22.4 Å². The molecule has 18 heavy (non-hydrogen) atoms. The number of rotatable bonds is 3. The first-order chi connectivity index (χ1) is 8.88. The van der Waals surface area contributed by atoms with Gasteiger partial charge in [-0.2, -0.15) is 4.98 Å². The number of nitrogens with zero attached hydrogens (tertiary/aromatic N) is 3. The Labute approximate surface area is 109 Å². The van der Waals surface area contributed by atoms with Gasteiger partial charge in [-0.1, -0.05) is 29.4 Å². The molecule has 0 radical (unpaired) electrons. The Hall–Kier alpha value is -1.94. The number of hydrogen-bond donors (Lipinski definition) is 0. The van der Waals surface area contributed by atoms with Crippen LogP contribution in [0.2, 0.25) is 0 Å². The zero-order chi connectivity index (χ0) is 12.4. The Morgan fingerprint density at radius 3 is 2.94 bits per heavy atom. The number of benzene rings is 1. The molecule has 0 bridgehead atoms. The van der Waals surface area contributed by atoms with Crippen molar-refractivity contribution in [1.82, 2.24) is 15.1 Å². The second-order valence-corrected chi connectivity index (χ2v) is 4.21. The second-order valence-electron chi connectivity index (χ2n) is 3.83. The SMILES string of the molecule is ClCCc1nc(-c2nccc3ccccc23)no1. The average molecular weight is 260 g/mol. The molecule has 5 heteroatoms. The summed E-state index contributed by atoms with van der Waals surface area (Å²) in [6.45, 7) is 0. The van der Waals surface area contributed by atoms with Crippen LogP contribution in [-0.2, 0) is 6.42 Å². The lowest BCUT2D eigenvalue weighted by molar-refractivity contribution is 0.383. The van der Waals surface area contributed by atoms with Gasteiger partial charge in [-0.15, -0.1) is 11.6 Å². The maximum Gasteiger partial charge on any atom is 0.228 e. The lowest BCUT2D eigenvalue weighted by atomic mass is 10.1. The molecule has 0 unspecified atom stereocenters. The van der Waals surface area contributed by atoms with Crippen LogP contribution in [0.3, 0.4) is 0 Å². The van der Waals surface area contributed by atoms with Crippen LogP contribution in [0.5, 0.6) is 0 Å². The molecule has 90 valence electrons. The smallest absolute Gasteiger partial charge is 0.228 e. The van der Waals surface area contributed by atoms with Gasteiger partial charge in [0.05, 0.1) is 0 Å². The summed E-state index contributed by atoms with van der Waals surface area (Å²) in [6.07, 6.45) is 2.31. The Bertz CT molecular complexity index is 675. The van der Waals surface area contributed by atoms with E-state index < -0.39 is 0 Å². The zero-order valence-electron chi connectivity index (χ0n) is 9.51. The number of halogens is 1. The number of aromatic nitrogens is 3. The van der Waals surface area contributed by atoms with Crippen molar-refractivity contribution in [3.8, 4) is 11.5 Å². The minimum Gasteiger partial charge on any atom is -0.339 e. The first-order valence-corrected chi connectivity index (χ1v) is 6.14. The van der Waals surface area contributed by atoms with Crippen molar-refractivity contribution in [3.63, 3.8) is 0 Å². The van der Waals surface area contributed by atoms with Crippen molar-refractivity contribution in [1.29, 1.82) is 0 Å². The largest absolute Gasteiger partial charge is 0.339 e. The summed E-state index contributed by atoms with van der Waals surface area (Å²) in [5, 5.41) is 6.06. The molecule has 4 nitrogen and oxygen atoms in total. The average Bonchev–Trinajstić information content (AvgIpc) is 2.87. The van der Waals surface area contributed by atoms with Gasteiger partial charge in [-0.05, 0) is 11.5 Å². The number of alkyl halides is 1. The Morgan fingerprint density at radius 2 is 2.06 bits per heavy atom. The van der Waals surface area contributed by atoms with Crippen LogP contribution >= 0.6 is 11.6 Å². The predicted molar refractivity (Wildman–Crippen MR) is 69.5 cm³/mol. The molecule has 0 N–H and O–H groups in total. The molecule has 0 saturated heterocycles. The first kappa shape index (κ1) is 11.2. The second kappa shape index (κ2) is 4.74. The highest BCUT2D eigenvalue weighted by molar-refractivity contribution is 6.17. The summed E-state index contributed by atoms with van der Waals surface area (Å²) in [5.74, 6) is 1.51. The number of hydrogen-bond acceptors (Lipinski definition) is 4. The molecule has 2 aromatic heterocycles. The van der Waals surface area contributed by atoms with E-state index in [-0.39, 0.29) is 0 Å². The topological polar surface area (TPSA) is 51.8 Å². The maximum atomic E-state index is 5.64. The molecule has 0 amide bonds. The van der Waals surface area contributed by atoms with Crippen LogP contribution in [0, 0.1) is 0 Å². The van der Waals surface area contributed by atoms with Crippen LogP contribution < -0.4 is 0 Å². The quantitative estimate of drug-likeness (QED) is 0.679. The summed E-state index contributed by atoms with van der Waals surface area (Å²) in [7, 11) is 0. The standard InChI is InChI=1S/C13H10ClN3O/c14-7-5-11-16-13(17-18-11)12-10-4-2-1-3-9(10)6-8-15-12/h1-4,6,8H,5,7H2. The molecule has 0 aliphatic heterocycles. The van der Waals surface area contributed by atoms with E-state index in [9.17, 15) is 0 Å². The molecule has 0 saturated carbocycles. The molecule has 0 aliphatic rings. The van der Waals surface area contributed by atoms with E-state index in [2.05, 4.69) is 15.1 Å². The highest BCUT2D eigenvalue weighted by atomic mass is 35.5. The molecule has 1 aromatic carbocycles. The summed E-state index contributed by atoms with van der Waals surface area (Å²) >= 11 is 5.64. The fourth-order valence-electron chi connectivity index (χ4n) is 1.83. The highest BCUT2D eigenvalue weighted by Gasteiger charge is 2.12. The Kier molecular flexibility index (Phi) is 2.94. The van der Waals surface area contributed by atoms with Crippen LogP contribution in [0.4, 0.5) is 0 Å². The third-order valence-electron chi connectivity index (χ3n) is 2.66. The van der Waals surface area contributed by atoms with Gasteiger partial charge in [0, 0.05) is 23.9 Å². The monoisotopic (exact) mass is 259 g/mol. The highest BCUT2D eigenvalue weighted by Crippen LogP contribution is 2.23. The van der Waals surface area contributed by atoms with Gasteiger partial charge in [0.15, 0.2) is 0 Å². The fraction of sp³-hybridized carbons (Fsp3) is 0.154. The van der Waals surface area contributed by atoms with Gasteiger partial charge in [0.1, 0.15) is 5.69 Å². The molecule has 3 aromatic rings. The van der Waals surface area contributed by atoms with Gasteiger partial charge in [0.2, 0.25) is 11.7 Å². The van der Waals surface area contributed by atoms with E-state index in [0.29, 0.717) is 24.0 Å². The molecule has 0 fully saturated rings. The summed E-state index contributed by atoms with van der Waals surface area (Å²) in [4.78, 5) is 8.63. The number of fused-ring (bicyclic) bond motifs is 1. The summed E-state index contributed by atoms with van der Waals surface area (Å²) in [5.41, 5.74) is 0.734. The lowest BCUT2D eigenvalue weighted by Crippen LogP contribution is -1.89. The van der Waals surface area contributed by atoms with E-state index in [1.807, 2.05) is 30.3 Å². The number of pyridine rings is 1. The van der Waals surface area contributed by atoms with Crippen LogP contribution in [0.25, 0.3) is 22.3 Å². The molecule has 0 atom stereocenters. The maximum absolute atomic E-state index is 5.64. The van der Waals surface area contributed by atoms with Crippen molar-refractivity contribution < 1.29 is 4.52 Å². The summed E-state index contributed by atoms with van der Waals surface area (Å²) < 4.78 is 5.12. The van der Waals surface area contributed by atoms with Crippen molar-refractivity contribution in [2.24, 2.45) is 0 Å². The van der Waals surface area contributed by atoms with E-state index in [1.54, 1.807) is 6.20 Å². The normalized spacial score (nSPS) is 10.9. The zero-order valence-corrected chi connectivity index (χ0v) is 10.3. The predicted octanol–water partition coefficient (Wildman–Crippen LogP) is 3.07. The van der Waals surface area contributed by atoms with Crippen molar-refractivity contribution in [3.05, 3.63) is 42.4 Å². The molecular weight excluding hydrogens is 250 g/mol. The van der Waals surface area contributed by atoms with Gasteiger partial charge in [0.25, 0.3) is 0 Å². The van der Waals surface area contributed by atoms with Crippen molar-refractivity contribution in [2.75, 3.05) is 5.88 Å². The van der Waals surface area contributed by atoms with Crippen LogP contribution in [0.1, 0.15) is 5.89 Å². The van der Waals surface area contributed by atoms with Gasteiger partial charge >= 0.3 is 0 Å². The number of aryl methyl sites for hydroxylation is 1. The van der Waals surface area contributed by atoms with Gasteiger partial charge in [-0.3, -0.25) is 4.98 Å². The van der Waals surface area contributed by atoms with Crippen molar-refractivity contribution in [2.45, 2.75) is 6.42 Å². The Balaban J connectivity index is 2.12. The van der Waals surface area contributed by atoms with Crippen LogP contribution in [-0.4, -0.2) is 21.0 Å². The van der Waals surface area contributed by atoms with E-state index in [0.717, 1.165) is 16.5 Å². The fourth-order valence-corrected chi connectivity index (χ4v) is 1.99. The Morgan fingerprint density at radius 1 is 1.17 bits per heavy atom. The molecule has 0 aliphatic carbocycles. The molecule has 3 rings (SSSR count).